The van der Waals surface area contributed by atoms with Crippen molar-refractivity contribution >= 4 is 5.97 Å². The molecule has 0 amide bonds. The number of ether oxygens (including phenoxy) is 1. The smallest absolute Gasteiger partial charge is 0.303 e. The lowest BCUT2D eigenvalue weighted by Crippen LogP contribution is -2.23. The third-order valence-electron chi connectivity index (χ3n) is 4.36. The third kappa shape index (κ3) is 2.91. The van der Waals surface area contributed by atoms with Gasteiger partial charge in [-0.3, -0.25) is 4.79 Å². The molecule has 104 valence electrons. The van der Waals surface area contributed by atoms with Gasteiger partial charge >= 0.3 is 5.97 Å². The van der Waals surface area contributed by atoms with Gasteiger partial charge in [0, 0.05) is 5.92 Å². The predicted molar refractivity (Wildman–Crippen MR) is 74.8 cm³/mol. The molecule has 3 nitrogen and oxygen atoms in total. The summed E-state index contributed by atoms with van der Waals surface area (Å²) in [4.78, 5) is 11.1. The zero-order valence-corrected chi connectivity index (χ0v) is 11.9. The lowest BCUT2D eigenvalue weighted by Gasteiger charge is -2.34. The van der Waals surface area contributed by atoms with Gasteiger partial charge in [0.15, 0.2) is 0 Å². The summed E-state index contributed by atoms with van der Waals surface area (Å²) in [5, 5.41) is 9.16. The Morgan fingerprint density at radius 1 is 1.37 bits per heavy atom. The van der Waals surface area contributed by atoms with Crippen molar-refractivity contribution in [3.8, 4) is 5.75 Å². The molecule has 1 aromatic rings. The molecule has 3 heteroatoms. The molecule has 1 aliphatic rings. The monoisotopic (exact) mass is 262 g/mol. The summed E-state index contributed by atoms with van der Waals surface area (Å²) >= 11 is 0. The van der Waals surface area contributed by atoms with Crippen LogP contribution in [0.3, 0.4) is 0 Å². The van der Waals surface area contributed by atoms with E-state index in [4.69, 9.17) is 9.84 Å². The zero-order valence-electron chi connectivity index (χ0n) is 11.9. The van der Waals surface area contributed by atoms with E-state index in [-0.39, 0.29) is 12.3 Å². The number of carboxylic acid groups (broad SMARTS) is 1. The average Bonchev–Trinajstić information content (AvgIpc) is 2.28. The fourth-order valence-corrected chi connectivity index (χ4v) is 2.84. The quantitative estimate of drug-likeness (QED) is 0.880. The first-order chi connectivity index (χ1) is 9.02. The molecule has 1 N–H and O–H groups in total. The van der Waals surface area contributed by atoms with Crippen LogP contribution in [-0.4, -0.2) is 18.2 Å². The van der Waals surface area contributed by atoms with Crippen molar-refractivity contribution in [2.45, 2.75) is 45.4 Å². The maximum atomic E-state index is 11.1. The molecule has 1 saturated carbocycles. The summed E-state index contributed by atoms with van der Waals surface area (Å²) in [7, 11) is 1.66. The van der Waals surface area contributed by atoms with Crippen LogP contribution in [0.25, 0.3) is 0 Å². The van der Waals surface area contributed by atoms with Gasteiger partial charge in [0.25, 0.3) is 0 Å². The lowest BCUT2D eigenvalue weighted by molar-refractivity contribution is -0.138. The van der Waals surface area contributed by atoms with E-state index in [0.717, 1.165) is 24.2 Å². The van der Waals surface area contributed by atoms with Crippen LogP contribution in [0, 0.1) is 19.8 Å². The molecule has 1 fully saturated rings. The van der Waals surface area contributed by atoms with Gasteiger partial charge in [0.1, 0.15) is 5.75 Å². The number of carbonyl (C=O) groups is 1. The van der Waals surface area contributed by atoms with Crippen LogP contribution in [0.15, 0.2) is 12.1 Å². The standard InChI is InChI=1S/C16H22O3/c1-10-7-14(15(19-3)8-11(10)2)13(9-16(17)18)12-5-4-6-12/h7-8,12-13H,4-6,9H2,1-3H3,(H,17,18). The minimum absolute atomic E-state index is 0.0838. The van der Waals surface area contributed by atoms with Crippen LogP contribution < -0.4 is 4.74 Å². The molecule has 0 aromatic heterocycles. The predicted octanol–water partition coefficient (Wildman–Crippen LogP) is 3.67. The summed E-state index contributed by atoms with van der Waals surface area (Å²) in [6.45, 7) is 4.12. The molecular weight excluding hydrogens is 240 g/mol. The van der Waals surface area contributed by atoms with E-state index in [1.807, 2.05) is 6.07 Å². The molecule has 0 radical (unpaired) electrons. The van der Waals surface area contributed by atoms with Crippen molar-refractivity contribution in [2.75, 3.05) is 7.11 Å². The van der Waals surface area contributed by atoms with Gasteiger partial charge in [0.2, 0.25) is 0 Å². The highest BCUT2D eigenvalue weighted by atomic mass is 16.5. The number of rotatable bonds is 5. The van der Waals surface area contributed by atoms with Crippen LogP contribution in [0.1, 0.15) is 48.3 Å². The van der Waals surface area contributed by atoms with Gasteiger partial charge in [-0.1, -0.05) is 12.5 Å². The Labute approximate surface area is 114 Å². The Bertz CT molecular complexity index is 475. The Morgan fingerprint density at radius 3 is 2.47 bits per heavy atom. The molecular formula is C16H22O3. The highest BCUT2D eigenvalue weighted by molar-refractivity contribution is 5.68. The second-order valence-electron chi connectivity index (χ2n) is 5.57. The van der Waals surface area contributed by atoms with E-state index in [0.29, 0.717) is 5.92 Å². The largest absolute Gasteiger partial charge is 0.496 e. The van der Waals surface area contributed by atoms with Crippen molar-refractivity contribution < 1.29 is 14.6 Å². The number of hydrogen-bond acceptors (Lipinski definition) is 2. The molecule has 1 atom stereocenters. The van der Waals surface area contributed by atoms with Gasteiger partial charge < -0.3 is 9.84 Å². The first-order valence-electron chi connectivity index (χ1n) is 6.90. The molecule has 19 heavy (non-hydrogen) atoms. The molecule has 0 saturated heterocycles. The molecule has 1 aliphatic carbocycles. The number of carboxylic acids is 1. The van der Waals surface area contributed by atoms with Gasteiger partial charge in [-0.15, -0.1) is 0 Å². The molecule has 0 spiro atoms. The second kappa shape index (κ2) is 5.64. The number of aliphatic carboxylic acids is 1. The highest BCUT2D eigenvalue weighted by Crippen LogP contribution is 2.44. The molecule has 0 bridgehead atoms. The maximum absolute atomic E-state index is 11.1. The van der Waals surface area contributed by atoms with Gasteiger partial charge in [-0.05, 0) is 55.4 Å². The number of benzene rings is 1. The zero-order chi connectivity index (χ0) is 14.0. The maximum Gasteiger partial charge on any atom is 0.303 e. The van der Waals surface area contributed by atoms with E-state index < -0.39 is 5.97 Å². The fraction of sp³-hybridized carbons (Fsp3) is 0.562. The van der Waals surface area contributed by atoms with E-state index in [1.54, 1.807) is 7.11 Å². The molecule has 1 unspecified atom stereocenters. The first kappa shape index (κ1) is 13.9. The number of methoxy groups -OCH3 is 1. The van der Waals surface area contributed by atoms with Crippen molar-refractivity contribution in [3.05, 3.63) is 28.8 Å². The molecule has 0 heterocycles. The average molecular weight is 262 g/mol. The first-order valence-corrected chi connectivity index (χ1v) is 6.90. The lowest BCUT2D eigenvalue weighted by atomic mass is 9.71. The summed E-state index contributed by atoms with van der Waals surface area (Å²) in [6.07, 6.45) is 3.68. The van der Waals surface area contributed by atoms with Crippen molar-refractivity contribution in [2.24, 2.45) is 5.92 Å². The van der Waals surface area contributed by atoms with E-state index in [9.17, 15) is 4.79 Å². The van der Waals surface area contributed by atoms with Crippen LogP contribution in [-0.2, 0) is 4.79 Å². The van der Waals surface area contributed by atoms with E-state index in [1.165, 1.54) is 17.5 Å². The third-order valence-corrected chi connectivity index (χ3v) is 4.36. The highest BCUT2D eigenvalue weighted by Gasteiger charge is 2.32. The topological polar surface area (TPSA) is 46.5 Å². The van der Waals surface area contributed by atoms with Crippen LogP contribution in [0.2, 0.25) is 0 Å². The summed E-state index contributed by atoms with van der Waals surface area (Å²) in [5.74, 6) is 0.686. The normalized spacial score (nSPS) is 16.8. The summed E-state index contributed by atoms with van der Waals surface area (Å²) in [5.41, 5.74) is 3.45. The minimum Gasteiger partial charge on any atom is -0.496 e. The van der Waals surface area contributed by atoms with Gasteiger partial charge in [-0.25, -0.2) is 0 Å². The minimum atomic E-state index is -0.725. The molecule has 0 aliphatic heterocycles. The van der Waals surface area contributed by atoms with Crippen molar-refractivity contribution in [3.63, 3.8) is 0 Å². The van der Waals surface area contributed by atoms with Gasteiger partial charge in [0.05, 0.1) is 13.5 Å². The Kier molecular flexibility index (Phi) is 4.13. The van der Waals surface area contributed by atoms with Gasteiger partial charge in [-0.2, -0.15) is 0 Å². The SMILES string of the molecule is COc1cc(C)c(C)cc1C(CC(=O)O)C1CCC1. The molecule has 2 rings (SSSR count). The second-order valence-corrected chi connectivity index (χ2v) is 5.57. The Balaban J connectivity index is 2.39. The van der Waals surface area contributed by atoms with Crippen LogP contribution in [0.5, 0.6) is 5.75 Å². The van der Waals surface area contributed by atoms with Crippen LogP contribution >= 0.6 is 0 Å². The molecule has 1 aromatic carbocycles. The van der Waals surface area contributed by atoms with Crippen LogP contribution in [0.4, 0.5) is 0 Å². The summed E-state index contributed by atoms with van der Waals surface area (Å²) < 4.78 is 5.47. The number of aryl methyl sites for hydroxylation is 2. The fourth-order valence-electron chi connectivity index (χ4n) is 2.84. The Morgan fingerprint density at radius 2 is 2.00 bits per heavy atom. The van der Waals surface area contributed by atoms with E-state index in [2.05, 4.69) is 19.9 Å². The number of hydrogen-bond donors (Lipinski definition) is 1. The van der Waals surface area contributed by atoms with Crippen molar-refractivity contribution in [1.29, 1.82) is 0 Å². The van der Waals surface area contributed by atoms with Crippen molar-refractivity contribution in [1.82, 2.24) is 0 Å². The van der Waals surface area contributed by atoms with E-state index >= 15 is 0 Å². The Hall–Kier alpha value is -1.51. The summed E-state index contributed by atoms with van der Waals surface area (Å²) in [6, 6.07) is 4.14.